The highest BCUT2D eigenvalue weighted by Gasteiger charge is 2.37. The number of amides is 1. The number of nitrogens with one attached hydrogen (secondary N) is 2. The molecule has 3 atom stereocenters. The van der Waals surface area contributed by atoms with Crippen LogP contribution in [0.25, 0.3) is 16.8 Å². The number of alkyl carbamates (subject to hydrolysis) is 1. The first-order valence-electron chi connectivity index (χ1n) is 14.3. The lowest BCUT2D eigenvalue weighted by Crippen LogP contribution is -2.62. The number of nitrogens with zero attached hydrogens (tertiary/aromatic N) is 5. The molecule has 1 aliphatic heterocycles. The van der Waals surface area contributed by atoms with Gasteiger partial charge in [0.05, 0.1) is 53.7 Å². The summed E-state index contributed by atoms with van der Waals surface area (Å²) in [5, 5.41) is 10.6. The van der Waals surface area contributed by atoms with Crippen molar-refractivity contribution in [1.82, 2.24) is 24.9 Å². The molecule has 13 heteroatoms. The highest BCUT2D eigenvalue weighted by atomic mass is 19.1. The first kappa shape index (κ1) is 28.7. The third-order valence-corrected chi connectivity index (χ3v) is 8.46. The van der Waals surface area contributed by atoms with Gasteiger partial charge in [-0.25, -0.2) is 22.9 Å². The minimum Gasteiger partial charge on any atom is -0.453 e. The van der Waals surface area contributed by atoms with Crippen molar-refractivity contribution in [2.45, 2.75) is 50.4 Å². The van der Waals surface area contributed by atoms with Gasteiger partial charge in [0, 0.05) is 25.3 Å². The van der Waals surface area contributed by atoms with E-state index in [1.54, 1.807) is 24.7 Å². The number of methoxy groups -OCH3 is 1. The minimum atomic E-state index is -1.71. The number of piperidine rings is 1. The summed E-state index contributed by atoms with van der Waals surface area (Å²) in [6.07, 6.45) is 6.24. The van der Waals surface area contributed by atoms with Gasteiger partial charge in [-0.2, -0.15) is 9.61 Å². The molecular weight excluding hydrogens is 561 g/mol. The van der Waals surface area contributed by atoms with Gasteiger partial charge in [-0.3, -0.25) is 4.98 Å². The molecule has 6 rings (SSSR count). The molecule has 1 saturated carbocycles. The van der Waals surface area contributed by atoms with E-state index in [1.807, 2.05) is 13.0 Å². The summed E-state index contributed by atoms with van der Waals surface area (Å²) in [7, 11) is 1.31. The van der Waals surface area contributed by atoms with Gasteiger partial charge in [0.1, 0.15) is 17.3 Å². The molecule has 0 radical (unpaired) electrons. The van der Waals surface area contributed by atoms with Crippen LogP contribution in [0.5, 0.6) is 0 Å². The summed E-state index contributed by atoms with van der Waals surface area (Å²) in [4.78, 5) is 22.6. The first-order chi connectivity index (χ1) is 20.7. The molecule has 2 fully saturated rings. The summed E-state index contributed by atoms with van der Waals surface area (Å²) in [6.45, 7) is 3.05. The van der Waals surface area contributed by atoms with Gasteiger partial charge < -0.3 is 26.0 Å². The standard InChI is InChI=1S/C30H33F3N8O2/c1-17-15-40(16-22(34)27(17)38-29(42)43-2)25-7-10-35-14-24(25)37-28-36-13-19-5-6-23(39-41(19)28)26-20(31)11-18(12-21(26)32)30(33)8-3-4-9-30/h5-7,10-14,17,22,27H,3-4,8-9,15-16,34H2,1-2H3,(H,36,37)(H,38,42)/t17-,22+,27-/m0/s1. The summed E-state index contributed by atoms with van der Waals surface area (Å²) in [5.74, 6) is -1.43. The van der Waals surface area contributed by atoms with Crippen molar-refractivity contribution in [3.8, 4) is 11.3 Å². The molecule has 43 heavy (non-hydrogen) atoms. The highest BCUT2D eigenvalue weighted by molar-refractivity contribution is 5.74. The molecule has 4 heterocycles. The Morgan fingerprint density at radius 1 is 1.12 bits per heavy atom. The monoisotopic (exact) mass is 594 g/mol. The van der Waals surface area contributed by atoms with Crippen molar-refractivity contribution in [3.63, 3.8) is 0 Å². The van der Waals surface area contributed by atoms with E-state index in [2.05, 4.69) is 30.6 Å². The Morgan fingerprint density at radius 2 is 1.86 bits per heavy atom. The zero-order chi connectivity index (χ0) is 30.3. The Labute approximate surface area is 246 Å². The molecule has 2 aliphatic rings. The number of aromatic nitrogens is 4. The summed E-state index contributed by atoms with van der Waals surface area (Å²) in [5.41, 5.74) is 6.49. The van der Waals surface area contributed by atoms with Gasteiger partial charge in [0.2, 0.25) is 5.95 Å². The quantitative estimate of drug-likeness (QED) is 0.283. The topological polar surface area (TPSA) is 123 Å². The average Bonchev–Trinajstić information content (AvgIpc) is 3.61. The molecular formula is C30H33F3N8O2. The number of fused-ring (bicyclic) bond motifs is 1. The molecule has 4 aromatic rings. The minimum absolute atomic E-state index is 0.0115. The predicted molar refractivity (Wildman–Crippen MR) is 156 cm³/mol. The van der Waals surface area contributed by atoms with Crippen LogP contribution in [0.1, 0.15) is 38.2 Å². The van der Waals surface area contributed by atoms with E-state index in [1.165, 1.54) is 17.7 Å². The molecule has 0 bridgehead atoms. The number of ether oxygens (including phenoxy) is 1. The lowest BCUT2D eigenvalue weighted by Gasteiger charge is -2.42. The molecule has 3 aromatic heterocycles. The lowest BCUT2D eigenvalue weighted by molar-refractivity contribution is 0.156. The van der Waals surface area contributed by atoms with Gasteiger partial charge in [-0.05, 0) is 67.5 Å². The number of nitrogens with two attached hydrogens (primary N) is 1. The average molecular weight is 595 g/mol. The van der Waals surface area contributed by atoms with Crippen molar-refractivity contribution in [2.24, 2.45) is 11.7 Å². The number of imidazole rings is 1. The van der Waals surface area contributed by atoms with Crippen LogP contribution in [0.15, 0.2) is 48.9 Å². The number of pyridine rings is 1. The zero-order valence-electron chi connectivity index (χ0n) is 23.9. The molecule has 0 spiro atoms. The van der Waals surface area contributed by atoms with E-state index in [0.717, 1.165) is 17.8 Å². The number of hydrogen-bond acceptors (Lipinski definition) is 8. The summed E-state index contributed by atoms with van der Waals surface area (Å²) >= 11 is 0. The van der Waals surface area contributed by atoms with Crippen molar-refractivity contribution in [3.05, 3.63) is 66.1 Å². The SMILES string of the molecule is COC(=O)N[C@@H]1[C@H](N)CN(c2ccncc2Nc2ncc3ccc(-c4c(F)cc(C5(F)CCCC5)cc4F)nn23)C[C@@H]1C. The zero-order valence-corrected chi connectivity index (χ0v) is 23.9. The summed E-state index contributed by atoms with van der Waals surface area (Å²) in [6, 6.07) is 6.55. The van der Waals surface area contributed by atoms with Gasteiger partial charge in [-0.1, -0.05) is 6.92 Å². The van der Waals surface area contributed by atoms with Crippen LogP contribution >= 0.6 is 0 Å². The van der Waals surface area contributed by atoms with Crippen LogP contribution in [0.4, 0.5) is 35.3 Å². The maximum absolute atomic E-state index is 15.3. The van der Waals surface area contributed by atoms with Crippen molar-refractivity contribution in [1.29, 1.82) is 0 Å². The smallest absolute Gasteiger partial charge is 0.407 e. The normalized spacial score (nSPS) is 21.6. The molecule has 4 N–H and O–H groups in total. The number of halogens is 3. The maximum atomic E-state index is 15.3. The molecule has 226 valence electrons. The Balaban J connectivity index is 1.28. The number of hydrogen-bond donors (Lipinski definition) is 3. The third kappa shape index (κ3) is 5.44. The Kier molecular flexibility index (Phi) is 7.59. The van der Waals surface area contributed by atoms with Crippen LogP contribution < -0.4 is 21.3 Å². The molecule has 1 amide bonds. The van der Waals surface area contributed by atoms with E-state index >= 15 is 13.2 Å². The number of carbonyl (C=O) groups excluding carboxylic acids is 1. The van der Waals surface area contributed by atoms with Gasteiger partial charge in [0.15, 0.2) is 0 Å². The second-order valence-corrected chi connectivity index (χ2v) is 11.4. The van der Waals surface area contributed by atoms with E-state index < -0.39 is 23.4 Å². The van der Waals surface area contributed by atoms with E-state index in [0.29, 0.717) is 43.1 Å². The number of carbonyl (C=O) groups is 1. The molecule has 10 nitrogen and oxygen atoms in total. The lowest BCUT2D eigenvalue weighted by atomic mass is 9.90. The Bertz CT molecular complexity index is 1620. The van der Waals surface area contributed by atoms with Crippen LogP contribution in [-0.2, 0) is 10.4 Å². The fraction of sp³-hybridized carbons (Fsp3) is 0.400. The van der Waals surface area contributed by atoms with Crippen LogP contribution in [0, 0.1) is 17.6 Å². The van der Waals surface area contributed by atoms with E-state index in [-0.39, 0.29) is 47.7 Å². The fourth-order valence-corrected chi connectivity index (χ4v) is 6.25. The van der Waals surface area contributed by atoms with E-state index in [4.69, 9.17) is 10.5 Å². The van der Waals surface area contributed by atoms with Crippen LogP contribution in [0.3, 0.4) is 0 Å². The van der Waals surface area contributed by atoms with Crippen molar-refractivity contribution < 1.29 is 22.7 Å². The van der Waals surface area contributed by atoms with Crippen molar-refractivity contribution >= 4 is 28.9 Å². The van der Waals surface area contributed by atoms with Gasteiger partial charge >= 0.3 is 6.09 Å². The molecule has 0 unspecified atom stereocenters. The number of anilines is 3. The Morgan fingerprint density at radius 3 is 2.56 bits per heavy atom. The first-order valence-corrected chi connectivity index (χ1v) is 14.3. The Hall–Kier alpha value is -4.39. The molecule has 1 aliphatic carbocycles. The van der Waals surface area contributed by atoms with Crippen LogP contribution in [-0.4, -0.2) is 58.0 Å². The largest absolute Gasteiger partial charge is 0.453 e. The predicted octanol–water partition coefficient (Wildman–Crippen LogP) is 5.06. The van der Waals surface area contributed by atoms with E-state index in [9.17, 15) is 4.79 Å². The second-order valence-electron chi connectivity index (χ2n) is 11.4. The van der Waals surface area contributed by atoms with Crippen LogP contribution in [0.2, 0.25) is 0 Å². The number of rotatable bonds is 6. The van der Waals surface area contributed by atoms with Crippen molar-refractivity contribution in [2.75, 3.05) is 30.4 Å². The summed E-state index contributed by atoms with van der Waals surface area (Å²) < 4.78 is 52.0. The number of alkyl halides is 1. The maximum Gasteiger partial charge on any atom is 0.407 e. The highest BCUT2D eigenvalue weighted by Crippen LogP contribution is 2.44. The third-order valence-electron chi connectivity index (χ3n) is 8.46. The van der Waals surface area contributed by atoms with Gasteiger partial charge in [0.25, 0.3) is 0 Å². The molecule has 1 aromatic carbocycles. The molecule has 1 saturated heterocycles. The second kappa shape index (κ2) is 11.4. The van der Waals surface area contributed by atoms with Gasteiger partial charge in [-0.15, -0.1) is 0 Å². The number of benzene rings is 1. The fourth-order valence-electron chi connectivity index (χ4n) is 6.25.